The summed E-state index contributed by atoms with van der Waals surface area (Å²) in [5, 5.41) is 19.9. The van der Waals surface area contributed by atoms with E-state index >= 15 is 0 Å². The molecule has 1 fully saturated rings. The predicted molar refractivity (Wildman–Crippen MR) is 78.3 cm³/mol. The summed E-state index contributed by atoms with van der Waals surface area (Å²) in [6, 6.07) is 5.94. The summed E-state index contributed by atoms with van der Waals surface area (Å²) in [6.07, 6.45) is 1.26. The lowest BCUT2D eigenvalue weighted by Gasteiger charge is -2.36. The summed E-state index contributed by atoms with van der Waals surface area (Å²) in [4.78, 5) is 35.3. The number of piperidine rings is 1. The van der Waals surface area contributed by atoms with E-state index in [2.05, 4.69) is 0 Å². The van der Waals surface area contributed by atoms with E-state index in [4.69, 9.17) is 5.11 Å². The Labute approximate surface area is 127 Å². The second kappa shape index (κ2) is 6.55. The Balaban J connectivity index is 2.09. The fraction of sp³-hybridized carbons (Fsp3) is 0.467. The van der Waals surface area contributed by atoms with Crippen molar-refractivity contribution in [3.8, 4) is 0 Å². The van der Waals surface area contributed by atoms with Crippen LogP contribution in [0.5, 0.6) is 0 Å². The zero-order chi connectivity index (χ0) is 16.3. The number of nitrogens with zero attached hydrogens (tertiary/aromatic N) is 2. The van der Waals surface area contributed by atoms with Crippen molar-refractivity contribution < 1.29 is 19.6 Å². The van der Waals surface area contributed by atoms with E-state index in [9.17, 15) is 19.7 Å². The first-order valence-electron chi connectivity index (χ1n) is 7.14. The number of aliphatic carboxylic acids is 1. The predicted octanol–water partition coefficient (Wildman–Crippen LogP) is 1.85. The van der Waals surface area contributed by atoms with Crippen LogP contribution in [0.2, 0.25) is 0 Å². The topological polar surface area (TPSA) is 101 Å². The van der Waals surface area contributed by atoms with Gasteiger partial charge in [0, 0.05) is 24.7 Å². The third kappa shape index (κ3) is 3.60. The van der Waals surface area contributed by atoms with Gasteiger partial charge in [-0.1, -0.05) is 12.1 Å². The maximum atomic E-state index is 12.4. The van der Waals surface area contributed by atoms with Gasteiger partial charge in [-0.25, -0.2) is 0 Å². The van der Waals surface area contributed by atoms with Gasteiger partial charge < -0.3 is 10.0 Å². The first-order valence-corrected chi connectivity index (χ1v) is 7.14. The maximum Gasteiger partial charge on any atom is 0.308 e. The molecular weight excluding hydrogens is 288 g/mol. The van der Waals surface area contributed by atoms with E-state index in [-0.39, 0.29) is 30.6 Å². The van der Waals surface area contributed by atoms with Gasteiger partial charge in [-0.3, -0.25) is 19.7 Å². The molecule has 1 aliphatic rings. The van der Waals surface area contributed by atoms with Gasteiger partial charge in [0.25, 0.3) is 5.69 Å². The Kier molecular flexibility index (Phi) is 4.75. The van der Waals surface area contributed by atoms with Crippen LogP contribution < -0.4 is 0 Å². The van der Waals surface area contributed by atoms with Crippen molar-refractivity contribution in [2.75, 3.05) is 6.54 Å². The summed E-state index contributed by atoms with van der Waals surface area (Å²) in [5.41, 5.74) is 0.504. The zero-order valence-corrected chi connectivity index (χ0v) is 12.3. The van der Waals surface area contributed by atoms with Crippen LogP contribution in [0.3, 0.4) is 0 Å². The Morgan fingerprint density at radius 2 is 2.14 bits per heavy atom. The lowest BCUT2D eigenvalue weighted by atomic mass is 9.93. The number of carboxylic acids is 1. The first kappa shape index (κ1) is 15.9. The summed E-state index contributed by atoms with van der Waals surface area (Å²) in [6.45, 7) is 2.09. The third-order valence-corrected chi connectivity index (χ3v) is 4.03. The number of carboxylic acid groups (broad SMARTS) is 1. The number of carbonyl (C=O) groups is 2. The van der Waals surface area contributed by atoms with Gasteiger partial charge in [0.2, 0.25) is 5.91 Å². The van der Waals surface area contributed by atoms with Crippen molar-refractivity contribution >= 4 is 17.6 Å². The summed E-state index contributed by atoms with van der Waals surface area (Å²) in [5.74, 6) is -1.62. The number of carbonyl (C=O) groups excluding carboxylic acids is 1. The molecule has 0 spiro atoms. The highest BCUT2D eigenvalue weighted by atomic mass is 16.6. The van der Waals surface area contributed by atoms with E-state index in [1.165, 1.54) is 12.1 Å². The number of nitro benzene ring substituents is 1. The Morgan fingerprint density at radius 3 is 2.77 bits per heavy atom. The summed E-state index contributed by atoms with van der Waals surface area (Å²) in [7, 11) is 0. The molecule has 118 valence electrons. The van der Waals surface area contributed by atoms with Crippen LogP contribution in [0.4, 0.5) is 5.69 Å². The van der Waals surface area contributed by atoms with Crippen LogP contribution >= 0.6 is 0 Å². The lowest BCUT2D eigenvalue weighted by molar-refractivity contribution is -0.384. The largest absolute Gasteiger partial charge is 0.481 e. The van der Waals surface area contributed by atoms with Crippen molar-refractivity contribution in [3.05, 3.63) is 39.9 Å². The monoisotopic (exact) mass is 306 g/mol. The van der Waals surface area contributed by atoms with Crippen LogP contribution in [-0.4, -0.2) is 39.4 Å². The highest BCUT2D eigenvalue weighted by molar-refractivity contribution is 5.80. The number of hydrogen-bond acceptors (Lipinski definition) is 4. The van der Waals surface area contributed by atoms with Gasteiger partial charge in [0.1, 0.15) is 0 Å². The normalized spacial score (nSPS) is 21.4. The van der Waals surface area contributed by atoms with Crippen LogP contribution in [0, 0.1) is 16.0 Å². The molecule has 0 aromatic heterocycles. The van der Waals surface area contributed by atoms with Crippen molar-refractivity contribution in [1.82, 2.24) is 4.90 Å². The van der Waals surface area contributed by atoms with E-state index in [0.717, 1.165) is 0 Å². The number of rotatable bonds is 4. The van der Waals surface area contributed by atoms with Crippen molar-refractivity contribution in [3.63, 3.8) is 0 Å². The zero-order valence-electron chi connectivity index (χ0n) is 12.3. The molecular formula is C15H18N2O5. The molecule has 1 aromatic rings. The van der Waals surface area contributed by atoms with Crippen molar-refractivity contribution in [1.29, 1.82) is 0 Å². The molecule has 0 bridgehead atoms. The fourth-order valence-electron chi connectivity index (χ4n) is 2.71. The van der Waals surface area contributed by atoms with E-state index in [1.807, 2.05) is 6.92 Å². The van der Waals surface area contributed by atoms with Crippen molar-refractivity contribution in [2.45, 2.75) is 32.2 Å². The average Bonchev–Trinajstić information content (AvgIpc) is 2.47. The number of nitro groups is 1. The molecule has 0 radical (unpaired) electrons. The molecule has 1 amide bonds. The number of benzene rings is 1. The summed E-state index contributed by atoms with van der Waals surface area (Å²) >= 11 is 0. The molecule has 1 saturated heterocycles. The number of hydrogen-bond donors (Lipinski definition) is 1. The number of amides is 1. The minimum Gasteiger partial charge on any atom is -0.481 e. The molecule has 0 aliphatic carbocycles. The Bertz CT molecular complexity index is 601. The van der Waals surface area contributed by atoms with Gasteiger partial charge in [0.05, 0.1) is 17.3 Å². The first-order chi connectivity index (χ1) is 10.4. The second-order valence-electron chi connectivity index (χ2n) is 5.61. The maximum absolute atomic E-state index is 12.4. The third-order valence-electron chi connectivity index (χ3n) is 4.03. The minimum absolute atomic E-state index is 0.0122. The standard InChI is InChI=1S/C15H18N2O5/c1-10-5-6-12(15(19)20)9-16(10)14(18)8-11-3-2-4-13(7-11)17(21)22/h2-4,7,10,12H,5-6,8-9H2,1H3,(H,19,20)/t10-,12+/m0/s1. The molecule has 1 aliphatic heterocycles. The molecule has 0 saturated carbocycles. The SMILES string of the molecule is C[C@H]1CC[C@@H](C(=O)O)CN1C(=O)Cc1cccc([N+](=O)[O-])c1. The van der Waals surface area contributed by atoms with Crippen LogP contribution in [-0.2, 0) is 16.0 Å². The molecule has 1 N–H and O–H groups in total. The van der Waals surface area contributed by atoms with Gasteiger partial charge >= 0.3 is 5.97 Å². The van der Waals surface area contributed by atoms with Crippen LogP contribution in [0.25, 0.3) is 0 Å². The van der Waals surface area contributed by atoms with Crippen molar-refractivity contribution in [2.24, 2.45) is 5.92 Å². The highest BCUT2D eigenvalue weighted by Crippen LogP contribution is 2.23. The highest BCUT2D eigenvalue weighted by Gasteiger charge is 2.32. The van der Waals surface area contributed by atoms with Gasteiger partial charge in [-0.2, -0.15) is 0 Å². The number of likely N-dealkylation sites (tertiary alicyclic amines) is 1. The lowest BCUT2D eigenvalue weighted by Crippen LogP contribution is -2.47. The van der Waals surface area contributed by atoms with E-state index < -0.39 is 16.8 Å². The van der Waals surface area contributed by atoms with Gasteiger partial charge in [0.15, 0.2) is 0 Å². The van der Waals surface area contributed by atoms with Gasteiger partial charge in [-0.15, -0.1) is 0 Å². The molecule has 1 heterocycles. The molecule has 7 heteroatoms. The minimum atomic E-state index is -0.889. The molecule has 2 atom stereocenters. The number of non-ortho nitro benzene ring substituents is 1. The molecule has 0 unspecified atom stereocenters. The molecule has 1 aromatic carbocycles. The van der Waals surface area contributed by atoms with Crippen LogP contribution in [0.1, 0.15) is 25.3 Å². The Hall–Kier alpha value is -2.44. The molecule has 7 nitrogen and oxygen atoms in total. The smallest absolute Gasteiger partial charge is 0.308 e. The summed E-state index contributed by atoms with van der Waals surface area (Å²) < 4.78 is 0. The second-order valence-corrected chi connectivity index (χ2v) is 5.61. The fourth-order valence-corrected chi connectivity index (χ4v) is 2.71. The van der Waals surface area contributed by atoms with Gasteiger partial charge in [-0.05, 0) is 25.3 Å². The molecule has 22 heavy (non-hydrogen) atoms. The molecule has 2 rings (SSSR count). The Morgan fingerprint density at radius 1 is 1.41 bits per heavy atom. The van der Waals surface area contributed by atoms with E-state index in [0.29, 0.717) is 18.4 Å². The van der Waals surface area contributed by atoms with E-state index in [1.54, 1.807) is 17.0 Å². The van der Waals surface area contributed by atoms with Crippen LogP contribution in [0.15, 0.2) is 24.3 Å². The quantitative estimate of drug-likeness (QED) is 0.675. The average molecular weight is 306 g/mol.